The Morgan fingerprint density at radius 1 is 1.59 bits per heavy atom. The van der Waals surface area contributed by atoms with Crippen molar-refractivity contribution in [3.05, 3.63) is 22.4 Å². The molecule has 1 aromatic heterocycles. The topological polar surface area (TPSA) is 49.7 Å². The van der Waals surface area contributed by atoms with E-state index in [4.69, 9.17) is 0 Å². The SMILES string of the molecule is C/C(=N/N(C=O)CC(=O)c1ccsc1)C(C)C. The van der Waals surface area contributed by atoms with E-state index >= 15 is 0 Å². The van der Waals surface area contributed by atoms with Crippen molar-refractivity contribution in [2.75, 3.05) is 6.54 Å². The molecule has 0 aliphatic carbocycles. The number of hydrogen-bond donors (Lipinski definition) is 0. The van der Waals surface area contributed by atoms with E-state index in [2.05, 4.69) is 5.10 Å². The Morgan fingerprint density at radius 2 is 2.29 bits per heavy atom. The first-order valence-electron chi connectivity index (χ1n) is 5.37. The molecule has 1 heterocycles. The van der Waals surface area contributed by atoms with Gasteiger partial charge in [-0.15, -0.1) is 0 Å². The fraction of sp³-hybridized carbons (Fsp3) is 0.417. The first-order valence-corrected chi connectivity index (χ1v) is 6.31. The van der Waals surface area contributed by atoms with Gasteiger partial charge in [0.05, 0.1) is 0 Å². The molecule has 0 fully saturated rings. The van der Waals surface area contributed by atoms with E-state index in [9.17, 15) is 9.59 Å². The smallest absolute Gasteiger partial charge is 0.230 e. The first-order chi connectivity index (χ1) is 8.04. The summed E-state index contributed by atoms with van der Waals surface area (Å²) >= 11 is 1.46. The van der Waals surface area contributed by atoms with Gasteiger partial charge in [0, 0.05) is 16.7 Å². The minimum absolute atomic E-state index is 0.00963. The molecule has 0 saturated heterocycles. The van der Waals surface area contributed by atoms with E-state index in [1.807, 2.05) is 26.2 Å². The maximum absolute atomic E-state index is 11.8. The number of amides is 1. The molecule has 0 radical (unpaired) electrons. The maximum Gasteiger partial charge on any atom is 0.230 e. The van der Waals surface area contributed by atoms with Crippen molar-refractivity contribution in [1.82, 2.24) is 5.01 Å². The van der Waals surface area contributed by atoms with Crippen LogP contribution in [0.4, 0.5) is 0 Å². The summed E-state index contributed by atoms with van der Waals surface area (Å²) in [6.07, 6.45) is 0.580. The van der Waals surface area contributed by atoms with Crippen LogP contribution in [0, 0.1) is 5.92 Å². The molecule has 4 nitrogen and oxygen atoms in total. The van der Waals surface area contributed by atoms with Crippen LogP contribution in [0.15, 0.2) is 21.9 Å². The Kier molecular flexibility index (Phi) is 5.03. The van der Waals surface area contributed by atoms with Crippen LogP contribution in [0.5, 0.6) is 0 Å². The van der Waals surface area contributed by atoms with Crippen LogP contribution >= 0.6 is 11.3 Å². The zero-order valence-electron chi connectivity index (χ0n) is 10.2. The van der Waals surface area contributed by atoms with E-state index in [0.717, 1.165) is 10.7 Å². The number of hydrogen-bond acceptors (Lipinski definition) is 4. The molecule has 0 N–H and O–H groups in total. The van der Waals surface area contributed by atoms with Crippen molar-refractivity contribution >= 4 is 29.2 Å². The van der Waals surface area contributed by atoms with Gasteiger partial charge in [-0.05, 0) is 24.3 Å². The minimum Gasteiger partial charge on any atom is -0.292 e. The Labute approximate surface area is 105 Å². The molecule has 0 spiro atoms. The van der Waals surface area contributed by atoms with Gasteiger partial charge in [0.2, 0.25) is 6.41 Å². The average Bonchev–Trinajstić information content (AvgIpc) is 2.81. The third-order valence-electron chi connectivity index (χ3n) is 2.39. The largest absolute Gasteiger partial charge is 0.292 e. The number of Topliss-reactive ketones (excluding diaryl/α,β-unsaturated/α-hetero) is 1. The Balaban J connectivity index is 2.68. The summed E-state index contributed by atoms with van der Waals surface area (Å²) in [6, 6.07) is 1.75. The lowest BCUT2D eigenvalue weighted by molar-refractivity contribution is -0.117. The number of rotatable bonds is 6. The second-order valence-electron chi connectivity index (χ2n) is 4.03. The van der Waals surface area contributed by atoms with E-state index in [1.165, 1.54) is 11.3 Å². The van der Waals surface area contributed by atoms with Gasteiger partial charge in [0.1, 0.15) is 6.54 Å². The fourth-order valence-electron chi connectivity index (χ4n) is 1.08. The van der Waals surface area contributed by atoms with E-state index < -0.39 is 0 Å². The molecule has 0 atom stereocenters. The zero-order chi connectivity index (χ0) is 12.8. The highest BCUT2D eigenvalue weighted by Gasteiger charge is 2.11. The average molecular weight is 252 g/mol. The summed E-state index contributed by atoms with van der Waals surface area (Å²) < 4.78 is 0. The molecule has 0 unspecified atom stereocenters. The number of thiophene rings is 1. The van der Waals surface area contributed by atoms with Crippen molar-refractivity contribution in [2.24, 2.45) is 11.0 Å². The number of carbonyl (C=O) groups excluding carboxylic acids is 2. The Hall–Kier alpha value is -1.49. The van der Waals surface area contributed by atoms with Crippen LogP contribution in [0.25, 0.3) is 0 Å². The molecular formula is C12H16N2O2S. The van der Waals surface area contributed by atoms with Gasteiger partial charge in [-0.1, -0.05) is 13.8 Å². The summed E-state index contributed by atoms with van der Waals surface area (Å²) in [5.41, 5.74) is 1.45. The van der Waals surface area contributed by atoms with Crippen molar-refractivity contribution < 1.29 is 9.59 Å². The summed E-state index contributed by atoms with van der Waals surface area (Å²) in [7, 11) is 0. The third-order valence-corrected chi connectivity index (χ3v) is 3.08. The fourth-order valence-corrected chi connectivity index (χ4v) is 1.74. The van der Waals surface area contributed by atoms with E-state index in [0.29, 0.717) is 12.0 Å². The molecule has 0 saturated carbocycles. The molecule has 0 bridgehead atoms. The third kappa shape index (κ3) is 4.11. The Morgan fingerprint density at radius 3 is 2.76 bits per heavy atom. The predicted molar refractivity (Wildman–Crippen MR) is 69.4 cm³/mol. The van der Waals surface area contributed by atoms with Crippen molar-refractivity contribution in [3.8, 4) is 0 Å². The van der Waals surface area contributed by atoms with Crippen molar-refractivity contribution in [2.45, 2.75) is 20.8 Å². The van der Waals surface area contributed by atoms with Crippen LogP contribution in [-0.4, -0.2) is 29.5 Å². The van der Waals surface area contributed by atoms with Gasteiger partial charge in [-0.2, -0.15) is 16.4 Å². The first kappa shape index (κ1) is 13.6. The predicted octanol–water partition coefficient (Wildman–Crippen LogP) is 2.42. The molecule has 1 rings (SSSR count). The highest BCUT2D eigenvalue weighted by Crippen LogP contribution is 2.08. The van der Waals surface area contributed by atoms with Gasteiger partial charge in [0.15, 0.2) is 5.78 Å². The quantitative estimate of drug-likeness (QED) is 0.338. The number of nitrogens with zero attached hydrogens (tertiary/aromatic N) is 2. The second-order valence-corrected chi connectivity index (χ2v) is 4.81. The highest BCUT2D eigenvalue weighted by atomic mass is 32.1. The van der Waals surface area contributed by atoms with E-state index in [-0.39, 0.29) is 18.2 Å². The zero-order valence-corrected chi connectivity index (χ0v) is 11.0. The second kappa shape index (κ2) is 6.30. The lowest BCUT2D eigenvalue weighted by atomic mass is 10.1. The normalized spacial score (nSPS) is 11.6. The van der Waals surface area contributed by atoms with Crippen LogP contribution in [0.2, 0.25) is 0 Å². The number of carbonyl (C=O) groups is 2. The molecule has 17 heavy (non-hydrogen) atoms. The highest BCUT2D eigenvalue weighted by molar-refractivity contribution is 7.08. The Bertz CT molecular complexity index is 410. The number of hydrazone groups is 1. The summed E-state index contributed by atoms with van der Waals surface area (Å²) in [6.45, 7) is 5.81. The molecule has 5 heteroatoms. The van der Waals surface area contributed by atoms with Crippen molar-refractivity contribution in [1.29, 1.82) is 0 Å². The standard InChI is InChI=1S/C12H16N2O2S/c1-9(2)10(3)13-14(8-15)6-12(16)11-4-5-17-7-11/h4-5,7-9H,6H2,1-3H3/b13-10-. The summed E-state index contributed by atoms with van der Waals surface area (Å²) in [4.78, 5) is 22.6. The minimum atomic E-state index is -0.0985. The lowest BCUT2D eigenvalue weighted by Gasteiger charge is -2.12. The van der Waals surface area contributed by atoms with Crippen molar-refractivity contribution in [3.63, 3.8) is 0 Å². The maximum atomic E-state index is 11.8. The summed E-state index contributed by atoms with van der Waals surface area (Å²) in [5, 5.41) is 8.86. The molecular weight excluding hydrogens is 236 g/mol. The molecule has 0 aromatic carbocycles. The van der Waals surface area contributed by atoms with Gasteiger partial charge in [-0.25, -0.2) is 5.01 Å². The van der Waals surface area contributed by atoms with Gasteiger partial charge in [0.25, 0.3) is 0 Å². The van der Waals surface area contributed by atoms with Gasteiger partial charge >= 0.3 is 0 Å². The van der Waals surface area contributed by atoms with Crippen LogP contribution < -0.4 is 0 Å². The van der Waals surface area contributed by atoms with Crippen LogP contribution in [0.3, 0.4) is 0 Å². The van der Waals surface area contributed by atoms with Crippen LogP contribution in [-0.2, 0) is 4.79 Å². The molecule has 1 aromatic rings. The monoisotopic (exact) mass is 252 g/mol. The van der Waals surface area contributed by atoms with E-state index in [1.54, 1.807) is 11.4 Å². The van der Waals surface area contributed by atoms with Gasteiger partial charge in [-0.3, -0.25) is 9.59 Å². The summed E-state index contributed by atoms with van der Waals surface area (Å²) in [5.74, 6) is 0.160. The number of ketones is 1. The molecule has 1 amide bonds. The van der Waals surface area contributed by atoms with Crippen LogP contribution in [0.1, 0.15) is 31.1 Å². The molecule has 0 aliphatic heterocycles. The molecule has 92 valence electrons. The lowest BCUT2D eigenvalue weighted by Crippen LogP contribution is -2.25. The van der Waals surface area contributed by atoms with Gasteiger partial charge < -0.3 is 0 Å². The molecule has 0 aliphatic rings.